The van der Waals surface area contributed by atoms with Gasteiger partial charge in [0.15, 0.2) is 5.65 Å². The van der Waals surface area contributed by atoms with Gasteiger partial charge in [-0.05, 0) is 18.6 Å². The summed E-state index contributed by atoms with van der Waals surface area (Å²) in [6, 6.07) is 3.75. The normalized spacial score (nSPS) is 11.0. The Morgan fingerprint density at radius 3 is 2.76 bits per heavy atom. The molecule has 0 aliphatic heterocycles. The van der Waals surface area contributed by atoms with Gasteiger partial charge in [0.05, 0.1) is 11.1 Å². The van der Waals surface area contributed by atoms with Crippen molar-refractivity contribution in [3.8, 4) is 0 Å². The third-order valence-electron chi connectivity index (χ3n) is 3.35. The van der Waals surface area contributed by atoms with Gasteiger partial charge in [-0.15, -0.1) is 0 Å². The number of pyridine rings is 1. The number of aryl methyl sites for hydroxylation is 2. The average Bonchev–Trinajstić information content (AvgIpc) is 2.77. The molecule has 0 aromatic carbocycles. The molecule has 3 aromatic heterocycles. The summed E-state index contributed by atoms with van der Waals surface area (Å²) in [5, 5.41) is 5.88. The standard InChI is InChI=1S/C14H15ClN6/c1-9-12-13(17-8-18-14(12)21(3)19-9)20(2)7-10-4-5-11(15)16-6-10/h4-6,8H,7H2,1-3H3. The summed E-state index contributed by atoms with van der Waals surface area (Å²) in [7, 11) is 3.87. The molecule has 0 spiro atoms. The lowest BCUT2D eigenvalue weighted by molar-refractivity contribution is 0.773. The van der Waals surface area contributed by atoms with E-state index in [4.69, 9.17) is 11.6 Å². The molecule has 6 nitrogen and oxygen atoms in total. The van der Waals surface area contributed by atoms with Gasteiger partial charge < -0.3 is 4.90 Å². The topological polar surface area (TPSA) is 59.7 Å². The van der Waals surface area contributed by atoms with Gasteiger partial charge in [-0.3, -0.25) is 4.68 Å². The Balaban J connectivity index is 1.98. The highest BCUT2D eigenvalue weighted by Crippen LogP contribution is 2.25. The highest BCUT2D eigenvalue weighted by atomic mass is 35.5. The van der Waals surface area contributed by atoms with Gasteiger partial charge in [-0.25, -0.2) is 15.0 Å². The fourth-order valence-electron chi connectivity index (χ4n) is 2.40. The second kappa shape index (κ2) is 5.29. The van der Waals surface area contributed by atoms with Crippen molar-refractivity contribution in [2.45, 2.75) is 13.5 Å². The van der Waals surface area contributed by atoms with Gasteiger partial charge >= 0.3 is 0 Å². The predicted octanol–water partition coefficient (Wildman–Crippen LogP) is 2.36. The first-order valence-corrected chi connectivity index (χ1v) is 6.90. The molecular weight excluding hydrogens is 288 g/mol. The van der Waals surface area contributed by atoms with E-state index in [1.54, 1.807) is 23.3 Å². The Kier molecular flexibility index (Phi) is 3.47. The number of hydrogen-bond donors (Lipinski definition) is 0. The van der Waals surface area contributed by atoms with Crippen LogP contribution < -0.4 is 4.90 Å². The zero-order chi connectivity index (χ0) is 15.0. The lowest BCUT2D eigenvalue weighted by Gasteiger charge is -2.18. The van der Waals surface area contributed by atoms with Crippen LogP contribution in [0.15, 0.2) is 24.7 Å². The highest BCUT2D eigenvalue weighted by Gasteiger charge is 2.15. The van der Waals surface area contributed by atoms with E-state index in [1.807, 2.05) is 27.1 Å². The van der Waals surface area contributed by atoms with Crippen LogP contribution in [0.3, 0.4) is 0 Å². The van der Waals surface area contributed by atoms with E-state index in [9.17, 15) is 0 Å². The first kappa shape index (κ1) is 13.8. The van der Waals surface area contributed by atoms with Crippen molar-refractivity contribution in [3.05, 3.63) is 41.1 Å². The lowest BCUT2D eigenvalue weighted by Crippen LogP contribution is -2.18. The second-order valence-corrected chi connectivity index (χ2v) is 5.34. The Bertz CT molecular complexity index is 780. The summed E-state index contributed by atoms with van der Waals surface area (Å²) in [6.07, 6.45) is 3.34. The Morgan fingerprint density at radius 1 is 1.24 bits per heavy atom. The molecule has 0 aliphatic rings. The molecule has 0 unspecified atom stereocenters. The van der Waals surface area contributed by atoms with Crippen LogP contribution >= 0.6 is 11.6 Å². The zero-order valence-corrected chi connectivity index (χ0v) is 12.8. The lowest BCUT2D eigenvalue weighted by atomic mass is 10.2. The van der Waals surface area contributed by atoms with Crippen molar-refractivity contribution in [2.75, 3.05) is 11.9 Å². The molecule has 0 atom stereocenters. The minimum Gasteiger partial charge on any atom is -0.355 e. The number of rotatable bonds is 3. The number of anilines is 1. The molecule has 3 rings (SSSR count). The van der Waals surface area contributed by atoms with Crippen molar-refractivity contribution >= 4 is 28.5 Å². The van der Waals surface area contributed by atoms with E-state index in [1.165, 1.54) is 0 Å². The second-order valence-electron chi connectivity index (χ2n) is 4.95. The SMILES string of the molecule is Cc1nn(C)c2ncnc(N(C)Cc3ccc(Cl)nc3)c12. The summed E-state index contributed by atoms with van der Waals surface area (Å²) in [6.45, 7) is 2.65. The summed E-state index contributed by atoms with van der Waals surface area (Å²) < 4.78 is 1.77. The first-order chi connectivity index (χ1) is 10.1. The number of nitrogens with zero attached hydrogens (tertiary/aromatic N) is 6. The maximum absolute atomic E-state index is 5.81. The molecule has 7 heteroatoms. The average molecular weight is 303 g/mol. The number of hydrogen-bond acceptors (Lipinski definition) is 5. The van der Waals surface area contributed by atoms with Crippen LogP contribution in [-0.4, -0.2) is 31.8 Å². The monoisotopic (exact) mass is 302 g/mol. The minimum atomic E-state index is 0.494. The van der Waals surface area contributed by atoms with E-state index >= 15 is 0 Å². The molecule has 0 fully saturated rings. The maximum Gasteiger partial charge on any atom is 0.163 e. The van der Waals surface area contributed by atoms with E-state index < -0.39 is 0 Å². The number of fused-ring (bicyclic) bond motifs is 1. The van der Waals surface area contributed by atoms with Crippen molar-refractivity contribution in [1.29, 1.82) is 0 Å². The van der Waals surface area contributed by atoms with Crippen LogP contribution in [0.5, 0.6) is 0 Å². The van der Waals surface area contributed by atoms with Crippen molar-refractivity contribution in [1.82, 2.24) is 24.7 Å². The van der Waals surface area contributed by atoms with Gasteiger partial charge in [-0.2, -0.15) is 5.10 Å². The molecule has 3 heterocycles. The fraction of sp³-hybridized carbons (Fsp3) is 0.286. The van der Waals surface area contributed by atoms with E-state index in [0.717, 1.165) is 28.1 Å². The Labute approximate surface area is 127 Å². The molecule has 0 radical (unpaired) electrons. The molecular formula is C14H15ClN6. The van der Waals surface area contributed by atoms with Crippen LogP contribution in [0.2, 0.25) is 5.15 Å². The van der Waals surface area contributed by atoms with Gasteiger partial charge in [0.25, 0.3) is 0 Å². The van der Waals surface area contributed by atoms with Crippen molar-refractivity contribution in [2.24, 2.45) is 7.05 Å². The Hall–Kier alpha value is -2.21. The van der Waals surface area contributed by atoms with Crippen LogP contribution in [-0.2, 0) is 13.6 Å². The van der Waals surface area contributed by atoms with Gasteiger partial charge in [0.1, 0.15) is 17.3 Å². The van der Waals surface area contributed by atoms with Crippen LogP contribution in [0.1, 0.15) is 11.3 Å². The number of aromatic nitrogens is 5. The third-order valence-corrected chi connectivity index (χ3v) is 3.57. The summed E-state index contributed by atoms with van der Waals surface area (Å²) in [5.41, 5.74) is 2.82. The molecule has 0 aliphatic carbocycles. The maximum atomic E-state index is 5.81. The first-order valence-electron chi connectivity index (χ1n) is 6.52. The quantitative estimate of drug-likeness (QED) is 0.695. The molecule has 108 valence electrons. The minimum absolute atomic E-state index is 0.494. The molecule has 21 heavy (non-hydrogen) atoms. The summed E-state index contributed by atoms with van der Waals surface area (Å²) in [5.74, 6) is 0.862. The predicted molar refractivity (Wildman–Crippen MR) is 82.4 cm³/mol. The van der Waals surface area contributed by atoms with E-state index in [0.29, 0.717) is 11.7 Å². The largest absolute Gasteiger partial charge is 0.355 e. The van der Waals surface area contributed by atoms with E-state index in [-0.39, 0.29) is 0 Å². The molecule has 0 amide bonds. The van der Waals surface area contributed by atoms with Crippen molar-refractivity contribution in [3.63, 3.8) is 0 Å². The zero-order valence-electron chi connectivity index (χ0n) is 12.1. The number of halogens is 1. The van der Waals surface area contributed by atoms with Gasteiger partial charge in [0, 0.05) is 26.8 Å². The highest BCUT2D eigenvalue weighted by molar-refractivity contribution is 6.29. The van der Waals surface area contributed by atoms with Gasteiger partial charge in [0.2, 0.25) is 0 Å². The summed E-state index contributed by atoms with van der Waals surface area (Å²) >= 11 is 5.81. The smallest absolute Gasteiger partial charge is 0.163 e. The third kappa shape index (κ3) is 2.54. The van der Waals surface area contributed by atoms with E-state index in [2.05, 4.69) is 25.0 Å². The molecule has 0 saturated carbocycles. The molecule has 0 bridgehead atoms. The molecule has 0 N–H and O–H groups in total. The molecule has 0 saturated heterocycles. The van der Waals surface area contributed by atoms with Crippen LogP contribution in [0, 0.1) is 6.92 Å². The van der Waals surface area contributed by atoms with Crippen LogP contribution in [0.4, 0.5) is 5.82 Å². The molecule has 3 aromatic rings. The fourth-order valence-corrected chi connectivity index (χ4v) is 2.51. The Morgan fingerprint density at radius 2 is 2.05 bits per heavy atom. The summed E-state index contributed by atoms with van der Waals surface area (Å²) in [4.78, 5) is 14.9. The van der Waals surface area contributed by atoms with Crippen molar-refractivity contribution < 1.29 is 0 Å². The van der Waals surface area contributed by atoms with Gasteiger partial charge in [-0.1, -0.05) is 17.7 Å². The van der Waals surface area contributed by atoms with Crippen LogP contribution in [0.25, 0.3) is 11.0 Å².